The molecule has 21 heavy (non-hydrogen) atoms. The second-order valence-electron chi connectivity index (χ2n) is 5.36. The summed E-state index contributed by atoms with van der Waals surface area (Å²) in [6.07, 6.45) is 7.20. The van der Waals surface area contributed by atoms with Crippen LogP contribution in [-0.4, -0.2) is 25.4 Å². The van der Waals surface area contributed by atoms with Gasteiger partial charge in [-0.25, -0.2) is 0 Å². The Morgan fingerprint density at radius 3 is 2.71 bits per heavy atom. The van der Waals surface area contributed by atoms with Crippen molar-refractivity contribution in [1.82, 2.24) is 5.32 Å². The highest BCUT2D eigenvalue weighted by atomic mass is 16.2. The number of amides is 2. The number of benzene rings is 1. The van der Waals surface area contributed by atoms with Crippen LogP contribution < -0.4 is 10.2 Å². The summed E-state index contributed by atoms with van der Waals surface area (Å²) in [4.78, 5) is 25.4. The third-order valence-electron chi connectivity index (χ3n) is 3.74. The molecule has 0 aromatic heterocycles. The minimum absolute atomic E-state index is 0.00209. The molecular formula is C17H22N2O2. The van der Waals surface area contributed by atoms with Crippen molar-refractivity contribution < 1.29 is 9.59 Å². The number of nitrogens with one attached hydrogen (secondary N) is 1. The van der Waals surface area contributed by atoms with E-state index < -0.39 is 0 Å². The number of para-hydroxylation sites is 1. The highest BCUT2D eigenvalue weighted by Crippen LogP contribution is 2.19. The van der Waals surface area contributed by atoms with E-state index in [1.165, 1.54) is 0 Å². The van der Waals surface area contributed by atoms with Crippen molar-refractivity contribution in [2.75, 3.05) is 18.5 Å². The summed E-state index contributed by atoms with van der Waals surface area (Å²) in [7, 11) is 1.75. The van der Waals surface area contributed by atoms with Crippen molar-refractivity contribution >= 4 is 17.5 Å². The molecule has 0 saturated carbocycles. The summed E-state index contributed by atoms with van der Waals surface area (Å²) in [5.74, 6) is 0.400. The summed E-state index contributed by atoms with van der Waals surface area (Å²) in [6.45, 7) is 0.394. The molecule has 0 aliphatic heterocycles. The molecule has 1 aromatic carbocycles. The van der Waals surface area contributed by atoms with Crippen LogP contribution in [0, 0.1) is 5.92 Å². The zero-order valence-corrected chi connectivity index (χ0v) is 12.4. The molecular weight excluding hydrogens is 264 g/mol. The fourth-order valence-corrected chi connectivity index (χ4v) is 2.45. The fourth-order valence-electron chi connectivity index (χ4n) is 2.45. The Morgan fingerprint density at radius 2 is 2.05 bits per heavy atom. The molecule has 1 aliphatic carbocycles. The highest BCUT2D eigenvalue weighted by molar-refractivity contribution is 5.93. The molecule has 2 rings (SSSR count). The van der Waals surface area contributed by atoms with E-state index in [4.69, 9.17) is 0 Å². The average Bonchev–Trinajstić information content (AvgIpc) is 3.00. The molecule has 2 amide bonds. The predicted molar refractivity (Wildman–Crippen MR) is 84.0 cm³/mol. The lowest BCUT2D eigenvalue weighted by Crippen LogP contribution is -2.32. The number of rotatable bonds is 6. The van der Waals surface area contributed by atoms with Crippen LogP contribution >= 0.6 is 0 Å². The van der Waals surface area contributed by atoms with Crippen LogP contribution in [0.15, 0.2) is 42.5 Å². The number of allylic oxidation sites excluding steroid dienone is 2. The van der Waals surface area contributed by atoms with Crippen LogP contribution in [0.1, 0.15) is 25.7 Å². The van der Waals surface area contributed by atoms with E-state index in [2.05, 4.69) is 17.5 Å². The molecule has 0 fully saturated rings. The summed E-state index contributed by atoms with van der Waals surface area (Å²) in [5.41, 5.74) is 0.866. The number of nitrogens with zero attached hydrogens (tertiary/aromatic N) is 1. The Hall–Kier alpha value is -2.10. The van der Waals surface area contributed by atoms with Crippen molar-refractivity contribution in [2.45, 2.75) is 25.7 Å². The van der Waals surface area contributed by atoms with Crippen LogP contribution in [0.5, 0.6) is 0 Å². The van der Waals surface area contributed by atoms with Crippen LogP contribution in [0.4, 0.5) is 5.69 Å². The number of anilines is 1. The van der Waals surface area contributed by atoms with Crippen LogP contribution in [0.2, 0.25) is 0 Å². The number of hydrogen-bond acceptors (Lipinski definition) is 2. The Kier molecular flexibility index (Phi) is 5.55. The normalized spacial score (nSPS) is 16.7. The van der Waals surface area contributed by atoms with E-state index in [0.29, 0.717) is 25.3 Å². The number of hydrogen-bond donors (Lipinski definition) is 1. The number of carbonyl (C=O) groups is 2. The zero-order valence-electron chi connectivity index (χ0n) is 12.4. The van der Waals surface area contributed by atoms with E-state index in [9.17, 15) is 9.59 Å². The Morgan fingerprint density at radius 1 is 1.29 bits per heavy atom. The third-order valence-corrected chi connectivity index (χ3v) is 3.74. The maximum atomic E-state index is 12.0. The quantitative estimate of drug-likeness (QED) is 0.817. The molecule has 4 heteroatoms. The Balaban J connectivity index is 1.69. The van der Waals surface area contributed by atoms with Gasteiger partial charge in [0.2, 0.25) is 11.8 Å². The lowest BCUT2D eigenvalue weighted by atomic mass is 10.1. The minimum Gasteiger partial charge on any atom is -0.356 e. The fraction of sp³-hybridized carbons (Fsp3) is 0.412. The molecule has 1 N–H and O–H groups in total. The smallest absolute Gasteiger partial charge is 0.228 e. The summed E-state index contributed by atoms with van der Waals surface area (Å²) < 4.78 is 0. The molecule has 1 unspecified atom stereocenters. The van der Waals surface area contributed by atoms with E-state index in [1.807, 2.05) is 30.3 Å². The molecule has 1 aromatic rings. The van der Waals surface area contributed by atoms with Gasteiger partial charge in [0.15, 0.2) is 0 Å². The van der Waals surface area contributed by atoms with Gasteiger partial charge in [-0.15, -0.1) is 0 Å². The molecule has 4 nitrogen and oxygen atoms in total. The van der Waals surface area contributed by atoms with Gasteiger partial charge in [-0.2, -0.15) is 0 Å². The van der Waals surface area contributed by atoms with E-state index >= 15 is 0 Å². The molecule has 1 atom stereocenters. The standard InChI is InChI=1S/C17H22N2O2/c1-19(15-9-3-2-4-10-15)17(21)11-12-18-16(20)13-14-7-5-6-8-14/h2-5,7,9-10,14H,6,8,11-13H2,1H3,(H,18,20). The molecule has 112 valence electrons. The SMILES string of the molecule is CN(C(=O)CCNC(=O)CC1C=CCC1)c1ccccc1. The lowest BCUT2D eigenvalue weighted by Gasteiger charge is -2.17. The first-order chi connectivity index (χ1) is 10.2. The lowest BCUT2D eigenvalue weighted by molar-refractivity contribution is -0.122. The van der Waals surface area contributed by atoms with Gasteiger partial charge in [0.05, 0.1) is 0 Å². The first-order valence-electron chi connectivity index (χ1n) is 7.42. The van der Waals surface area contributed by atoms with E-state index in [1.54, 1.807) is 11.9 Å². The molecule has 0 radical (unpaired) electrons. The van der Waals surface area contributed by atoms with Crippen molar-refractivity contribution in [1.29, 1.82) is 0 Å². The zero-order chi connectivity index (χ0) is 15.1. The van der Waals surface area contributed by atoms with Crippen molar-refractivity contribution in [3.05, 3.63) is 42.5 Å². The second-order valence-corrected chi connectivity index (χ2v) is 5.36. The summed E-state index contributed by atoms with van der Waals surface area (Å²) in [5, 5.41) is 2.83. The molecule has 0 saturated heterocycles. The number of carbonyl (C=O) groups excluding carboxylic acids is 2. The molecule has 0 heterocycles. The Bertz CT molecular complexity index is 511. The maximum Gasteiger partial charge on any atom is 0.228 e. The van der Waals surface area contributed by atoms with Crippen molar-refractivity contribution in [3.8, 4) is 0 Å². The van der Waals surface area contributed by atoms with Crippen LogP contribution in [0.25, 0.3) is 0 Å². The van der Waals surface area contributed by atoms with Gasteiger partial charge >= 0.3 is 0 Å². The maximum absolute atomic E-state index is 12.0. The van der Waals surface area contributed by atoms with Gasteiger partial charge in [-0.1, -0.05) is 30.4 Å². The third kappa shape index (κ3) is 4.74. The van der Waals surface area contributed by atoms with Crippen LogP contribution in [-0.2, 0) is 9.59 Å². The summed E-state index contributed by atoms with van der Waals surface area (Å²) >= 11 is 0. The van der Waals surface area contributed by atoms with E-state index in [-0.39, 0.29) is 11.8 Å². The van der Waals surface area contributed by atoms with Crippen LogP contribution in [0.3, 0.4) is 0 Å². The minimum atomic E-state index is 0.00209. The predicted octanol–water partition coefficient (Wildman–Crippen LogP) is 2.51. The largest absolute Gasteiger partial charge is 0.356 e. The first-order valence-corrected chi connectivity index (χ1v) is 7.42. The van der Waals surface area contributed by atoms with Gasteiger partial charge < -0.3 is 10.2 Å². The highest BCUT2D eigenvalue weighted by Gasteiger charge is 2.15. The summed E-state index contributed by atoms with van der Waals surface area (Å²) in [6, 6.07) is 9.50. The van der Waals surface area contributed by atoms with Gasteiger partial charge in [0.1, 0.15) is 0 Å². The first kappa shape index (κ1) is 15.3. The molecule has 0 bridgehead atoms. The van der Waals surface area contributed by atoms with Crippen molar-refractivity contribution in [2.24, 2.45) is 5.92 Å². The van der Waals surface area contributed by atoms with Crippen molar-refractivity contribution in [3.63, 3.8) is 0 Å². The van der Waals surface area contributed by atoms with E-state index in [0.717, 1.165) is 18.5 Å². The molecule has 1 aliphatic rings. The monoisotopic (exact) mass is 286 g/mol. The topological polar surface area (TPSA) is 49.4 Å². The Labute approximate surface area is 125 Å². The average molecular weight is 286 g/mol. The second kappa shape index (κ2) is 7.62. The van der Waals surface area contributed by atoms with Gasteiger partial charge in [-0.05, 0) is 30.9 Å². The van der Waals surface area contributed by atoms with Gasteiger partial charge in [0, 0.05) is 32.1 Å². The van der Waals surface area contributed by atoms with Gasteiger partial charge in [-0.3, -0.25) is 9.59 Å². The molecule has 0 spiro atoms. The van der Waals surface area contributed by atoms with Gasteiger partial charge in [0.25, 0.3) is 0 Å².